The van der Waals surface area contributed by atoms with Crippen molar-refractivity contribution < 1.29 is 18.3 Å². The lowest BCUT2D eigenvalue weighted by atomic mass is 10.2. The molecule has 0 spiro atoms. The largest absolute Gasteiger partial charge is 0.497 e. The van der Waals surface area contributed by atoms with Gasteiger partial charge in [-0.3, -0.25) is 0 Å². The van der Waals surface area contributed by atoms with Crippen molar-refractivity contribution in [1.82, 2.24) is 9.97 Å². The van der Waals surface area contributed by atoms with Crippen LogP contribution in [0.15, 0.2) is 53.7 Å². The zero-order chi connectivity index (χ0) is 18.5. The fourth-order valence-corrected chi connectivity index (χ4v) is 3.11. The molecule has 26 heavy (non-hydrogen) atoms. The maximum atomic E-state index is 13.7. The summed E-state index contributed by atoms with van der Waals surface area (Å²) in [5, 5.41) is 0.385. The molecule has 0 fully saturated rings. The monoisotopic (exact) mass is 374 g/mol. The number of hydrogen-bond donors (Lipinski definition) is 0. The molecule has 3 aromatic rings. The van der Waals surface area contributed by atoms with E-state index in [1.165, 1.54) is 18.2 Å². The van der Waals surface area contributed by atoms with Gasteiger partial charge in [-0.1, -0.05) is 17.8 Å². The molecule has 1 aromatic heterocycles. The van der Waals surface area contributed by atoms with Gasteiger partial charge in [0.05, 0.1) is 7.11 Å². The standard InChI is InChI=1S/C19H16F2N2O2S/c1-12-10-18(25-14-8-6-13(24-2)7-9-14)23-19(22-12)26-11-15-16(20)4-3-5-17(15)21/h3-10H,11H2,1-2H3. The van der Waals surface area contributed by atoms with E-state index in [4.69, 9.17) is 9.47 Å². The Morgan fingerprint density at radius 2 is 1.62 bits per heavy atom. The SMILES string of the molecule is COc1ccc(Oc2cc(C)nc(SCc3c(F)cccc3F)n2)cc1. The number of benzene rings is 2. The van der Waals surface area contributed by atoms with Crippen molar-refractivity contribution in [2.75, 3.05) is 7.11 Å². The molecule has 1 heterocycles. The van der Waals surface area contributed by atoms with Crippen molar-refractivity contribution in [2.24, 2.45) is 0 Å². The van der Waals surface area contributed by atoms with Crippen molar-refractivity contribution in [3.8, 4) is 17.4 Å². The number of rotatable bonds is 6. The van der Waals surface area contributed by atoms with E-state index in [-0.39, 0.29) is 11.3 Å². The summed E-state index contributed by atoms with van der Waals surface area (Å²) >= 11 is 1.14. The Hall–Kier alpha value is -2.67. The summed E-state index contributed by atoms with van der Waals surface area (Å²) in [6, 6.07) is 12.6. The Morgan fingerprint density at radius 3 is 2.27 bits per heavy atom. The van der Waals surface area contributed by atoms with Crippen molar-refractivity contribution in [3.05, 3.63) is 71.4 Å². The second-order valence-corrected chi connectivity index (χ2v) is 6.34. The van der Waals surface area contributed by atoms with Gasteiger partial charge in [-0.15, -0.1) is 0 Å². The summed E-state index contributed by atoms with van der Waals surface area (Å²) in [4.78, 5) is 8.58. The number of thioether (sulfide) groups is 1. The third-order valence-electron chi connectivity index (χ3n) is 3.50. The summed E-state index contributed by atoms with van der Waals surface area (Å²) in [6.07, 6.45) is 0. The topological polar surface area (TPSA) is 44.2 Å². The van der Waals surface area contributed by atoms with Gasteiger partial charge in [-0.2, -0.15) is 4.98 Å². The molecule has 0 saturated heterocycles. The molecule has 0 aliphatic heterocycles. The summed E-state index contributed by atoms with van der Waals surface area (Å²) in [5.74, 6) is 0.600. The minimum atomic E-state index is -0.583. The lowest BCUT2D eigenvalue weighted by Crippen LogP contribution is -1.97. The van der Waals surface area contributed by atoms with Crippen LogP contribution in [-0.2, 0) is 5.75 Å². The number of nitrogens with zero attached hydrogens (tertiary/aromatic N) is 2. The van der Waals surface area contributed by atoms with Crippen LogP contribution in [0.4, 0.5) is 8.78 Å². The van der Waals surface area contributed by atoms with E-state index in [0.717, 1.165) is 17.5 Å². The second kappa shape index (κ2) is 8.14. The minimum absolute atomic E-state index is 0.000212. The molecule has 7 heteroatoms. The van der Waals surface area contributed by atoms with Gasteiger partial charge in [0.2, 0.25) is 5.88 Å². The molecule has 0 radical (unpaired) electrons. The molecule has 0 amide bonds. The molecule has 0 aliphatic carbocycles. The first-order valence-corrected chi connectivity index (χ1v) is 8.77. The first-order chi connectivity index (χ1) is 12.5. The molecule has 0 N–H and O–H groups in total. The van der Waals surface area contributed by atoms with Gasteiger partial charge in [-0.05, 0) is 43.3 Å². The lowest BCUT2D eigenvalue weighted by Gasteiger charge is -2.09. The van der Waals surface area contributed by atoms with Gasteiger partial charge >= 0.3 is 0 Å². The van der Waals surface area contributed by atoms with E-state index >= 15 is 0 Å². The van der Waals surface area contributed by atoms with E-state index < -0.39 is 11.6 Å². The third-order valence-corrected chi connectivity index (χ3v) is 4.37. The minimum Gasteiger partial charge on any atom is -0.497 e. The van der Waals surface area contributed by atoms with Crippen molar-refractivity contribution >= 4 is 11.8 Å². The number of hydrogen-bond acceptors (Lipinski definition) is 5. The van der Waals surface area contributed by atoms with Gasteiger partial charge in [-0.25, -0.2) is 13.8 Å². The second-order valence-electron chi connectivity index (χ2n) is 5.40. The summed E-state index contributed by atoms with van der Waals surface area (Å²) in [5.41, 5.74) is 0.695. The van der Waals surface area contributed by atoms with Gasteiger partial charge in [0, 0.05) is 23.1 Å². The molecule has 0 unspecified atom stereocenters. The van der Waals surface area contributed by atoms with E-state index in [2.05, 4.69) is 9.97 Å². The molecule has 3 rings (SSSR count). The lowest BCUT2D eigenvalue weighted by molar-refractivity contribution is 0.411. The molecule has 134 valence electrons. The highest BCUT2D eigenvalue weighted by atomic mass is 32.2. The summed E-state index contributed by atoms with van der Waals surface area (Å²) < 4.78 is 38.3. The molecule has 4 nitrogen and oxygen atoms in total. The van der Waals surface area contributed by atoms with Crippen LogP contribution < -0.4 is 9.47 Å². The number of aromatic nitrogens is 2. The van der Waals surface area contributed by atoms with Crippen molar-refractivity contribution in [1.29, 1.82) is 0 Å². The van der Waals surface area contributed by atoms with Crippen LogP contribution >= 0.6 is 11.8 Å². The quantitative estimate of drug-likeness (QED) is 0.441. The van der Waals surface area contributed by atoms with Crippen molar-refractivity contribution in [3.63, 3.8) is 0 Å². The average Bonchev–Trinajstić information content (AvgIpc) is 2.61. The average molecular weight is 374 g/mol. The van der Waals surface area contributed by atoms with Crippen LogP contribution in [-0.4, -0.2) is 17.1 Å². The molecular weight excluding hydrogens is 358 g/mol. The predicted molar refractivity (Wildman–Crippen MR) is 95.8 cm³/mol. The Labute approximate surface area is 154 Å². The van der Waals surface area contributed by atoms with Crippen LogP contribution in [0.3, 0.4) is 0 Å². The van der Waals surface area contributed by atoms with Crippen LogP contribution in [0, 0.1) is 18.6 Å². The number of ether oxygens (including phenoxy) is 2. The van der Waals surface area contributed by atoms with Gasteiger partial charge in [0.25, 0.3) is 0 Å². The Kier molecular flexibility index (Phi) is 5.68. The smallest absolute Gasteiger partial charge is 0.223 e. The number of aryl methyl sites for hydroxylation is 1. The Bertz CT molecular complexity index is 884. The van der Waals surface area contributed by atoms with E-state index in [1.54, 1.807) is 44.4 Å². The summed E-state index contributed by atoms with van der Waals surface area (Å²) in [6.45, 7) is 1.80. The highest BCUT2D eigenvalue weighted by Gasteiger charge is 2.11. The molecule has 0 atom stereocenters. The Balaban J connectivity index is 1.74. The van der Waals surface area contributed by atoms with E-state index in [1.807, 2.05) is 0 Å². The summed E-state index contributed by atoms with van der Waals surface area (Å²) in [7, 11) is 1.59. The molecule has 0 bridgehead atoms. The number of halogens is 2. The van der Waals surface area contributed by atoms with E-state index in [0.29, 0.717) is 22.5 Å². The highest BCUT2D eigenvalue weighted by Crippen LogP contribution is 2.27. The van der Waals surface area contributed by atoms with Crippen molar-refractivity contribution in [2.45, 2.75) is 17.8 Å². The first kappa shape index (κ1) is 18.1. The molecule has 0 saturated carbocycles. The maximum absolute atomic E-state index is 13.7. The zero-order valence-corrected chi connectivity index (χ0v) is 15.0. The van der Waals surface area contributed by atoms with Crippen LogP contribution in [0.25, 0.3) is 0 Å². The van der Waals surface area contributed by atoms with Gasteiger partial charge in [0.15, 0.2) is 5.16 Å². The highest BCUT2D eigenvalue weighted by molar-refractivity contribution is 7.98. The third kappa shape index (κ3) is 4.49. The van der Waals surface area contributed by atoms with Crippen LogP contribution in [0.1, 0.15) is 11.3 Å². The fourth-order valence-electron chi connectivity index (χ4n) is 2.20. The predicted octanol–water partition coefficient (Wildman–Crippen LogP) is 5.16. The van der Waals surface area contributed by atoms with Gasteiger partial charge in [0.1, 0.15) is 23.1 Å². The Morgan fingerprint density at radius 1 is 0.962 bits per heavy atom. The van der Waals surface area contributed by atoms with Crippen LogP contribution in [0.2, 0.25) is 0 Å². The van der Waals surface area contributed by atoms with Gasteiger partial charge < -0.3 is 9.47 Å². The maximum Gasteiger partial charge on any atom is 0.223 e. The fraction of sp³-hybridized carbons (Fsp3) is 0.158. The first-order valence-electron chi connectivity index (χ1n) is 7.78. The van der Waals surface area contributed by atoms with Crippen LogP contribution in [0.5, 0.6) is 17.4 Å². The molecule has 2 aromatic carbocycles. The zero-order valence-electron chi connectivity index (χ0n) is 14.2. The molecular formula is C19H16F2N2O2S. The number of methoxy groups -OCH3 is 1. The van der Waals surface area contributed by atoms with E-state index in [9.17, 15) is 8.78 Å². The normalized spacial score (nSPS) is 10.6. The molecule has 0 aliphatic rings.